The molecule has 5 rings (SSSR count). The van der Waals surface area contributed by atoms with Crippen LogP contribution in [0.15, 0.2) is 82.8 Å². The van der Waals surface area contributed by atoms with E-state index in [4.69, 9.17) is 0 Å². The van der Waals surface area contributed by atoms with Crippen LogP contribution in [0, 0.1) is 0 Å². The van der Waals surface area contributed by atoms with Crippen LogP contribution in [-0.4, -0.2) is 32.4 Å². The van der Waals surface area contributed by atoms with Gasteiger partial charge in [-0.3, -0.25) is 9.78 Å². The minimum absolute atomic E-state index is 0.160. The SMILES string of the molecule is O=C(NCc1ccc(S(=O)(=O)c2cccc(N3CCCCC3)c2)cc1)c1cc2ccncc2s1. The number of hydrogen-bond acceptors (Lipinski definition) is 6. The molecule has 1 aliphatic heterocycles. The molecule has 2 aromatic carbocycles. The molecule has 0 spiro atoms. The van der Waals surface area contributed by atoms with E-state index in [2.05, 4.69) is 15.2 Å². The Morgan fingerprint density at radius 1 is 0.971 bits per heavy atom. The normalized spacial score (nSPS) is 14.3. The van der Waals surface area contributed by atoms with Crippen LogP contribution < -0.4 is 10.2 Å². The molecule has 1 saturated heterocycles. The average molecular weight is 492 g/mol. The van der Waals surface area contributed by atoms with Crippen molar-refractivity contribution in [3.8, 4) is 0 Å². The third-order valence-corrected chi connectivity index (χ3v) is 8.93. The molecule has 1 amide bonds. The summed E-state index contributed by atoms with van der Waals surface area (Å²) in [5.74, 6) is -0.160. The number of fused-ring (bicyclic) bond motifs is 1. The Morgan fingerprint density at radius 3 is 2.53 bits per heavy atom. The number of nitrogens with zero attached hydrogens (tertiary/aromatic N) is 2. The molecular formula is C26H25N3O3S2. The predicted molar refractivity (Wildman–Crippen MR) is 135 cm³/mol. The molecule has 174 valence electrons. The van der Waals surface area contributed by atoms with E-state index >= 15 is 0 Å². The molecule has 1 N–H and O–H groups in total. The number of thiophene rings is 1. The lowest BCUT2D eigenvalue weighted by Gasteiger charge is -2.29. The molecule has 34 heavy (non-hydrogen) atoms. The van der Waals surface area contributed by atoms with Crippen molar-refractivity contribution >= 4 is 42.9 Å². The maximum Gasteiger partial charge on any atom is 0.261 e. The number of sulfone groups is 1. The van der Waals surface area contributed by atoms with Crippen LogP contribution >= 0.6 is 11.3 Å². The summed E-state index contributed by atoms with van der Waals surface area (Å²) in [5, 5.41) is 3.90. The molecule has 6 nitrogen and oxygen atoms in total. The number of anilines is 1. The van der Waals surface area contributed by atoms with Crippen molar-refractivity contribution in [2.45, 2.75) is 35.6 Å². The number of nitrogens with one attached hydrogen (secondary N) is 1. The van der Waals surface area contributed by atoms with Crippen LogP contribution in [0.4, 0.5) is 5.69 Å². The van der Waals surface area contributed by atoms with Gasteiger partial charge in [0.25, 0.3) is 5.91 Å². The van der Waals surface area contributed by atoms with E-state index in [0.29, 0.717) is 16.3 Å². The van der Waals surface area contributed by atoms with Gasteiger partial charge in [0.2, 0.25) is 9.84 Å². The van der Waals surface area contributed by atoms with E-state index in [0.717, 1.165) is 47.3 Å². The highest BCUT2D eigenvalue weighted by atomic mass is 32.2. The maximum absolute atomic E-state index is 13.2. The Hall–Kier alpha value is -3.23. The highest BCUT2D eigenvalue weighted by Crippen LogP contribution is 2.27. The third kappa shape index (κ3) is 4.69. The monoisotopic (exact) mass is 491 g/mol. The second kappa shape index (κ2) is 9.56. The van der Waals surface area contributed by atoms with Crippen LogP contribution in [0.3, 0.4) is 0 Å². The van der Waals surface area contributed by atoms with Crippen LogP contribution in [0.5, 0.6) is 0 Å². The molecule has 2 aromatic heterocycles. The highest BCUT2D eigenvalue weighted by Gasteiger charge is 2.20. The fraction of sp³-hybridized carbons (Fsp3) is 0.231. The van der Waals surface area contributed by atoms with Gasteiger partial charge in [-0.05, 0) is 72.7 Å². The first-order valence-corrected chi connectivity index (χ1v) is 13.6. The smallest absolute Gasteiger partial charge is 0.261 e. The van der Waals surface area contributed by atoms with Crippen LogP contribution in [0.25, 0.3) is 10.1 Å². The second-order valence-corrected chi connectivity index (χ2v) is 11.4. The molecule has 3 heterocycles. The Morgan fingerprint density at radius 2 is 1.76 bits per heavy atom. The van der Waals surface area contributed by atoms with Crippen LogP contribution in [-0.2, 0) is 16.4 Å². The molecule has 1 aliphatic rings. The van der Waals surface area contributed by atoms with E-state index in [-0.39, 0.29) is 10.8 Å². The molecule has 0 aliphatic carbocycles. The zero-order chi connectivity index (χ0) is 23.5. The summed E-state index contributed by atoms with van der Waals surface area (Å²) < 4.78 is 27.4. The zero-order valence-electron chi connectivity index (χ0n) is 18.6. The number of carbonyl (C=O) groups is 1. The maximum atomic E-state index is 13.2. The van der Waals surface area contributed by atoms with Crippen molar-refractivity contribution in [3.63, 3.8) is 0 Å². The second-order valence-electron chi connectivity index (χ2n) is 8.40. The number of hydrogen-bond donors (Lipinski definition) is 1. The molecule has 0 saturated carbocycles. The molecular weight excluding hydrogens is 466 g/mol. The van der Waals surface area contributed by atoms with Gasteiger partial charge in [0.15, 0.2) is 0 Å². The van der Waals surface area contributed by atoms with Gasteiger partial charge in [-0.2, -0.15) is 0 Å². The third-order valence-electron chi connectivity index (χ3n) is 6.08. The molecule has 0 atom stereocenters. The molecule has 0 unspecified atom stereocenters. The Labute approximate surface area is 203 Å². The van der Waals surface area contributed by atoms with Gasteiger partial charge < -0.3 is 10.2 Å². The standard InChI is InChI=1S/C26H25N3O3S2/c30-26(24-15-20-11-12-27-18-25(20)33-24)28-17-19-7-9-22(10-8-19)34(31,32)23-6-4-5-21(16-23)29-13-2-1-3-14-29/h4-12,15-16,18H,1-3,13-14,17H2,(H,28,30). The topological polar surface area (TPSA) is 79.4 Å². The molecule has 4 aromatic rings. The fourth-order valence-electron chi connectivity index (χ4n) is 4.19. The summed E-state index contributed by atoms with van der Waals surface area (Å²) in [6, 6.07) is 17.6. The van der Waals surface area contributed by atoms with Gasteiger partial charge in [0.05, 0.1) is 19.4 Å². The summed E-state index contributed by atoms with van der Waals surface area (Å²) in [6.45, 7) is 2.24. The summed E-state index contributed by atoms with van der Waals surface area (Å²) in [4.78, 5) is 20.0. The highest BCUT2D eigenvalue weighted by molar-refractivity contribution is 7.91. The molecule has 0 radical (unpaired) electrons. The Kier molecular flexibility index (Phi) is 6.34. The average Bonchev–Trinajstić information content (AvgIpc) is 3.33. The number of piperidine rings is 1. The van der Waals surface area contributed by atoms with Crippen molar-refractivity contribution in [1.29, 1.82) is 0 Å². The van der Waals surface area contributed by atoms with E-state index < -0.39 is 9.84 Å². The quantitative estimate of drug-likeness (QED) is 0.408. The first-order chi connectivity index (χ1) is 16.5. The Bertz CT molecular complexity index is 1390. The minimum Gasteiger partial charge on any atom is -0.372 e. The lowest BCUT2D eigenvalue weighted by Crippen LogP contribution is -2.29. The minimum atomic E-state index is -3.62. The summed E-state index contributed by atoms with van der Waals surface area (Å²) in [7, 11) is -3.62. The van der Waals surface area contributed by atoms with Crippen molar-refractivity contribution in [2.75, 3.05) is 18.0 Å². The van der Waals surface area contributed by atoms with Crippen LogP contribution in [0.1, 0.15) is 34.5 Å². The van der Waals surface area contributed by atoms with Gasteiger partial charge in [0.1, 0.15) is 0 Å². The first-order valence-electron chi connectivity index (χ1n) is 11.3. The van der Waals surface area contributed by atoms with Crippen molar-refractivity contribution in [1.82, 2.24) is 10.3 Å². The lowest BCUT2D eigenvalue weighted by molar-refractivity contribution is 0.0955. The Balaban J connectivity index is 1.27. The van der Waals surface area contributed by atoms with Crippen molar-refractivity contribution in [3.05, 3.63) is 83.5 Å². The number of pyridine rings is 1. The van der Waals surface area contributed by atoms with E-state index in [1.807, 2.05) is 24.3 Å². The zero-order valence-corrected chi connectivity index (χ0v) is 20.2. The van der Waals surface area contributed by atoms with E-state index in [9.17, 15) is 13.2 Å². The lowest BCUT2D eigenvalue weighted by atomic mass is 10.1. The molecule has 0 bridgehead atoms. The van der Waals surface area contributed by atoms with E-state index in [1.165, 1.54) is 17.8 Å². The van der Waals surface area contributed by atoms with Crippen LogP contribution in [0.2, 0.25) is 0 Å². The first kappa shape index (κ1) is 22.6. The van der Waals surface area contributed by atoms with Gasteiger partial charge >= 0.3 is 0 Å². The number of rotatable bonds is 6. The predicted octanol–water partition coefficient (Wildman–Crippen LogP) is 5.05. The number of amides is 1. The largest absolute Gasteiger partial charge is 0.372 e. The fourth-order valence-corrected chi connectivity index (χ4v) is 6.43. The summed E-state index contributed by atoms with van der Waals surface area (Å²) >= 11 is 1.40. The number of aromatic nitrogens is 1. The number of carbonyl (C=O) groups excluding carboxylic acids is 1. The summed E-state index contributed by atoms with van der Waals surface area (Å²) in [6.07, 6.45) is 6.95. The van der Waals surface area contributed by atoms with E-state index in [1.54, 1.807) is 48.8 Å². The number of benzene rings is 2. The molecule has 1 fully saturated rings. The van der Waals surface area contributed by atoms with Crippen molar-refractivity contribution in [2.24, 2.45) is 0 Å². The van der Waals surface area contributed by atoms with Gasteiger partial charge in [-0.1, -0.05) is 18.2 Å². The van der Waals surface area contributed by atoms with Crippen molar-refractivity contribution < 1.29 is 13.2 Å². The summed E-state index contributed by atoms with van der Waals surface area (Å²) in [5.41, 5.74) is 1.79. The van der Waals surface area contributed by atoms with Gasteiger partial charge in [-0.15, -0.1) is 11.3 Å². The molecule has 8 heteroatoms. The van der Waals surface area contributed by atoms with Gasteiger partial charge in [-0.25, -0.2) is 8.42 Å². The van der Waals surface area contributed by atoms with Gasteiger partial charge in [0, 0.05) is 37.7 Å².